The molecule has 1 heterocycles. The summed E-state index contributed by atoms with van der Waals surface area (Å²) in [4.78, 5) is 31.8. The molecule has 0 aliphatic heterocycles. The zero-order chi connectivity index (χ0) is 20.4. The van der Waals surface area contributed by atoms with Crippen LogP contribution >= 0.6 is 0 Å². The van der Waals surface area contributed by atoms with Gasteiger partial charge in [0.05, 0.1) is 5.56 Å². The van der Waals surface area contributed by atoms with E-state index >= 15 is 0 Å². The van der Waals surface area contributed by atoms with Gasteiger partial charge >= 0.3 is 0 Å². The van der Waals surface area contributed by atoms with Crippen molar-refractivity contribution in [3.63, 3.8) is 0 Å². The lowest BCUT2D eigenvalue weighted by Crippen LogP contribution is -2.24. The fourth-order valence-corrected chi connectivity index (χ4v) is 2.83. The Morgan fingerprint density at radius 1 is 0.964 bits per heavy atom. The summed E-state index contributed by atoms with van der Waals surface area (Å²) in [6.45, 7) is 4.65. The Kier molecular flexibility index (Phi) is 8.39. The molecule has 0 aliphatic carbocycles. The summed E-state index contributed by atoms with van der Waals surface area (Å²) in [5.74, 6) is 0.359. The molecule has 7 heteroatoms. The Morgan fingerprint density at radius 2 is 1.61 bits per heavy atom. The van der Waals surface area contributed by atoms with Gasteiger partial charge < -0.3 is 16.0 Å². The summed E-state index contributed by atoms with van der Waals surface area (Å²) in [6.07, 6.45) is 7.33. The van der Waals surface area contributed by atoms with E-state index in [-0.39, 0.29) is 11.8 Å². The topological polar surface area (TPSA) is 96.0 Å². The minimum absolute atomic E-state index is 0.0730. The SMILES string of the molecule is CNC(=O)CCCCCCNC(=O)c1cnc(Nc2c(C)cccc2C)nc1. The predicted octanol–water partition coefficient (Wildman–Crippen LogP) is 3.26. The number of anilines is 2. The average molecular weight is 383 g/mol. The molecule has 2 rings (SSSR count). The van der Waals surface area contributed by atoms with Crippen LogP contribution in [0.2, 0.25) is 0 Å². The van der Waals surface area contributed by atoms with E-state index in [0.717, 1.165) is 42.5 Å². The second kappa shape index (κ2) is 11.0. The third-order valence-electron chi connectivity index (χ3n) is 4.53. The normalized spacial score (nSPS) is 10.4. The van der Waals surface area contributed by atoms with Crippen LogP contribution in [0.25, 0.3) is 0 Å². The molecule has 0 unspecified atom stereocenters. The zero-order valence-corrected chi connectivity index (χ0v) is 16.8. The monoisotopic (exact) mass is 383 g/mol. The first-order valence-corrected chi connectivity index (χ1v) is 9.65. The number of hydrogen-bond donors (Lipinski definition) is 3. The van der Waals surface area contributed by atoms with Gasteiger partial charge in [-0.3, -0.25) is 9.59 Å². The number of unbranched alkanes of at least 4 members (excludes halogenated alkanes) is 3. The quantitative estimate of drug-likeness (QED) is 0.547. The number of rotatable bonds is 10. The van der Waals surface area contributed by atoms with Gasteiger partial charge in [0.25, 0.3) is 5.91 Å². The number of hydrogen-bond acceptors (Lipinski definition) is 5. The van der Waals surface area contributed by atoms with Crippen LogP contribution in [0.15, 0.2) is 30.6 Å². The summed E-state index contributed by atoms with van der Waals surface area (Å²) in [5, 5.41) is 8.70. The second-order valence-electron chi connectivity index (χ2n) is 6.78. The van der Waals surface area contributed by atoms with E-state index < -0.39 is 0 Å². The van der Waals surface area contributed by atoms with Gasteiger partial charge in [-0.1, -0.05) is 31.0 Å². The van der Waals surface area contributed by atoms with Crippen molar-refractivity contribution in [3.8, 4) is 0 Å². The van der Waals surface area contributed by atoms with Crippen LogP contribution in [0.4, 0.5) is 11.6 Å². The van der Waals surface area contributed by atoms with Crippen LogP contribution in [0.1, 0.15) is 53.6 Å². The first-order valence-electron chi connectivity index (χ1n) is 9.65. The number of aromatic nitrogens is 2. The molecule has 0 atom stereocenters. The number of nitrogens with zero attached hydrogens (tertiary/aromatic N) is 2. The van der Waals surface area contributed by atoms with Crippen molar-refractivity contribution in [2.75, 3.05) is 18.9 Å². The van der Waals surface area contributed by atoms with E-state index in [0.29, 0.717) is 24.5 Å². The van der Waals surface area contributed by atoms with Crippen LogP contribution in [0.3, 0.4) is 0 Å². The van der Waals surface area contributed by atoms with Crippen molar-refractivity contribution in [2.24, 2.45) is 0 Å². The Hall–Kier alpha value is -2.96. The smallest absolute Gasteiger partial charge is 0.254 e. The fraction of sp³-hybridized carbons (Fsp3) is 0.429. The number of nitrogens with one attached hydrogen (secondary N) is 3. The fourth-order valence-electron chi connectivity index (χ4n) is 2.83. The Morgan fingerprint density at radius 3 is 2.25 bits per heavy atom. The maximum atomic E-state index is 12.2. The van der Waals surface area contributed by atoms with Gasteiger partial charge in [-0.15, -0.1) is 0 Å². The molecule has 7 nitrogen and oxygen atoms in total. The molecular weight excluding hydrogens is 354 g/mol. The highest BCUT2D eigenvalue weighted by molar-refractivity contribution is 5.93. The van der Waals surface area contributed by atoms with Crippen molar-refractivity contribution in [1.82, 2.24) is 20.6 Å². The molecule has 0 spiro atoms. The van der Waals surface area contributed by atoms with Crippen LogP contribution in [-0.4, -0.2) is 35.4 Å². The minimum Gasteiger partial charge on any atom is -0.359 e. The van der Waals surface area contributed by atoms with E-state index in [1.54, 1.807) is 7.05 Å². The van der Waals surface area contributed by atoms with E-state index in [1.165, 1.54) is 12.4 Å². The lowest BCUT2D eigenvalue weighted by molar-refractivity contribution is -0.120. The molecule has 0 fully saturated rings. The van der Waals surface area contributed by atoms with Crippen LogP contribution in [-0.2, 0) is 4.79 Å². The lowest BCUT2D eigenvalue weighted by Gasteiger charge is -2.11. The van der Waals surface area contributed by atoms with Crippen molar-refractivity contribution < 1.29 is 9.59 Å². The summed E-state index contributed by atoms with van der Waals surface area (Å²) in [7, 11) is 1.65. The first kappa shape index (κ1) is 21.3. The van der Waals surface area contributed by atoms with Gasteiger partial charge in [0.15, 0.2) is 0 Å². The van der Waals surface area contributed by atoms with Gasteiger partial charge in [-0.2, -0.15) is 0 Å². The molecule has 150 valence electrons. The van der Waals surface area contributed by atoms with Gasteiger partial charge in [-0.25, -0.2) is 9.97 Å². The standard InChI is InChI=1S/C21H29N5O2/c1-15-9-8-10-16(2)19(15)26-21-24-13-17(14-25-21)20(28)23-12-7-5-4-6-11-18(27)22-3/h8-10,13-14H,4-7,11-12H2,1-3H3,(H,22,27)(H,23,28)(H,24,25,26). The molecule has 28 heavy (non-hydrogen) atoms. The van der Waals surface area contributed by atoms with Gasteiger partial charge in [0, 0.05) is 38.1 Å². The number of carbonyl (C=O) groups is 2. The zero-order valence-electron chi connectivity index (χ0n) is 16.8. The first-order chi connectivity index (χ1) is 13.5. The highest BCUT2D eigenvalue weighted by Gasteiger charge is 2.08. The highest BCUT2D eigenvalue weighted by atomic mass is 16.2. The van der Waals surface area contributed by atoms with Gasteiger partial charge in [-0.05, 0) is 37.8 Å². The molecule has 0 radical (unpaired) electrons. The van der Waals surface area contributed by atoms with E-state index in [4.69, 9.17) is 0 Å². The van der Waals surface area contributed by atoms with Crippen molar-refractivity contribution in [2.45, 2.75) is 46.0 Å². The van der Waals surface area contributed by atoms with Crippen molar-refractivity contribution in [3.05, 3.63) is 47.3 Å². The van der Waals surface area contributed by atoms with Gasteiger partial charge in [0.2, 0.25) is 11.9 Å². The highest BCUT2D eigenvalue weighted by Crippen LogP contribution is 2.22. The van der Waals surface area contributed by atoms with E-state index in [1.807, 2.05) is 32.0 Å². The van der Waals surface area contributed by atoms with E-state index in [9.17, 15) is 9.59 Å². The minimum atomic E-state index is -0.177. The number of para-hydroxylation sites is 1. The predicted molar refractivity (Wildman–Crippen MR) is 111 cm³/mol. The molecule has 3 N–H and O–H groups in total. The number of carbonyl (C=O) groups excluding carboxylic acids is 2. The summed E-state index contributed by atoms with van der Waals surface area (Å²) >= 11 is 0. The second-order valence-corrected chi connectivity index (χ2v) is 6.78. The molecule has 0 bridgehead atoms. The van der Waals surface area contributed by atoms with Crippen LogP contribution in [0.5, 0.6) is 0 Å². The third kappa shape index (κ3) is 6.64. The Bertz CT molecular complexity index is 770. The van der Waals surface area contributed by atoms with E-state index in [2.05, 4.69) is 25.9 Å². The van der Waals surface area contributed by atoms with Gasteiger partial charge in [0.1, 0.15) is 0 Å². The molecule has 0 saturated heterocycles. The molecular formula is C21H29N5O2. The maximum absolute atomic E-state index is 12.2. The molecule has 2 aromatic rings. The van der Waals surface area contributed by atoms with Crippen molar-refractivity contribution >= 4 is 23.5 Å². The summed E-state index contributed by atoms with van der Waals surface area (Å²) in [6, 6.07) is 6.05. The number of aryl methyl sites for hydroxylation is 2. The average Bonchev–Trinajstić information content (AvgIpc) is 2.70. The molecule has 0 saturated carbocycles. The Labute approximate surface area is 166 Å². The van der Waals surface area contributed by atoms with Crippen LogP contribution in [0, 0.1) is 13.8 Å². The number of benzene rings is 1. The largest absolute Gasteiger partial charge is 0.359 e. The maximum Gasteiger partial charge on any atom is 0.254 e. The summed E-state index contributed by atoms with van der Waals surface area (Å²) < 4.78 is 0. The van der Waals surface area contributed by atoms with Crippen molar-refractivity contribution in [1.29, 1.82) is 0 Å². The third-order valence-corrected chi connectivity index (χ3v) is 4.53. The molecule has 0 aliphatic rings. The van der Waals surface area contributed by atoms with Crippen LogP contribution < -0.4 is 16.0 Å². The molecule has 2 amide bonds. The lowest BCUT2D eigenvalue weighted by atomic mass is 10.1. The molecule has 1 aromatic heterocycles. The number of amides is 2. The summed E-state index contributed by atoms with van der Waals surface area (Å²) in [5.41, 5.74) is 3.64. The Balaban J connectivity index is 1.74. The molecule has 1 aromatic carbocycles.